The highest BCUT2D eigenvalue weighted by molar-refractivity contribution is 5.70. The Morgan fingerprint density at radius 3 is 2.59 bits per heavy atom. The fraction of sp³-hybridized carbons (Fsp3) is 0.526. The van der Waals surface area contributed by atoms with Crippen LogP contribution in [-0.4, -0.2) is 49.0 Å². The molecule has 0 fully saturated rings. The molecule has 1 aromatic carbocycles. The zero-order chi connectivity index (χ0) is 20.0. The topological polar surface area (TPSA) is 50.4 Å². The van der Waals surface area contributed by atoms with Crippen molar-refractivity contribution in [2.24, 2.45) is 0 Å². The van der Waals surface area contributed by atoms with Crippen LogP contribution >= 0.6 is 0 Å². The number of alkyl halides is 3. The van der Waals surface area contributed by atoms with Crippen LogP contribution < -0.4 is 4.74 Å². The lowest BCUT2D eigenvalue weighted by Crippen LogP contribution is -2.18. The number of rotatable bonds is 9. The van der Waals surface area contributed by atoms with Crippen LogP contribution in [0.2, 0.25) is 0 Å². The van der Waals surface area contributed by atoms with Crippen LogP contribution in [0.15, 0.2) is 18.3 Å². The Morgan fingerprint density at radius 2 is 1.96 bits per heavy atom. The van der Waals surface area contributed by atoms with E-state index in [-0.39, 0.29) is 12.4 Å². The number of benzene rings is 1. The standard InChI is InChI=1S/C19H26F3N3O2/c1-5-6-25(3)12-14-11-23-24-18(14)16-9-15(19(20,21)22)10-17(13(16)2)27-8-7-26-4/h9-11H,5-8,12H2,1-4H3,(H,23,24). The van der Waals surface area contributed by atoms with E-state index in [4.69, 9.17) is 9.47 Å². The Bertz CT molecular complexity index is 744. The first-order chi connectivity index (χ1) is 12.8. The number of nitrogens with one attached hydrogen (secondary N) is 1. The largest absolute Gasteiger partial charge is 0.491 e. The summed E-state index contributed by atoms with van der Waals surface area (Å²) >= 11 is 0. The fourth-order valence-electron chi connectivity index (χ4n) is 2.91. The van der Waals surface area contributed by atoms with Crippen molar-refractivity contribution in [3.05, 3.63) is 35.0 Å². The van der Waals surface area contributed by atoms with Gasteiger partial charge in [0.15, 0.2) is 0 Å². The maximum absolute atomic E-state index is 13.4. The molecule has 1 heterocycles. The van der Waals surface area contributed by atoms with Gasteiger partial charge in [-0.2, -0.15) is 18.3 Å². The van der Waals surface area contributed by atoms with Crippen LogP contribution in [0, 0.1) is 6.92 Å². The van der Waals surface area contributed by atoms with Crippen LogP contribution in [0.5, 0.6) is 5.75 Å². The zero-order valence-corrected chi connectivity index (χ0v) is 16.1. The molecular weight excluding hydrogens is 359 g/mol. The van der Waals surface area contributed by atoms with E-state index in [0.717, 1.165) is 30.7 Å². The minimum Gasteiger partial charge on any atom is -0.491 e. The molecule has 0 aliphatic heterocycles. The number of ether oxygens (including phenoxy) is 2. The van der Waals surface area contributed by atoms with Crippen LogP contribution in [-0.2, 0) is 17.5 Å². The monoisotopic (exact) mass is 385 g/mol. The van der Waals surface area contributed by atoms with Gasteiger partial charge in [-0.15, -0.1) is 0 Å². The molecule has 0 atom stereocenters. The minimum absolute atomic E-state index is 0.174. The number of H-pyrrole nitrogens is 1. The van der Waals surface area contributed by atoms with Gasteiger partial charge in [-0.1, -0.05) is 6.92 Å². The SMILES string of the molecule is CCCN(C)Cc1cn[nH]c1-c1cc(C(F)(F)F)cc(OCCOC)c1C. The second-order valence-electron chi connectivity index (χ2n) is 6.49. The molecule has 0 saturated heterocycles. The summed E-state index contributed by atoms with van der Waals surface area (Å²) in [7, 11) is 3.48. The third-order valence-corrected chi connectivity index (χ3v) is 4.27. The molecule has 27 heavy (non-hydrogen) atoms. The highest BCUT2D eigenvalue weighted by Crippen LogP contribution is 2.39. The summed E-state index contributed by atoms with van der Waals surface area (Å²) in [4.78, 5) is 2.10. The van der Waals surface area contributed by atoms with Crippen molar-refractivity contribution in [3.63, 3.8) is 0 Å². The molecule has 5 nitrogen and oxygen atoms in total. The highest BCUT2D eigenvalue weighted by Gasteiger charge is 2.33. The van der Waals surface area contributed by atoms with Crippen molar-refractivity contribution in [1.82, 2.24) is 15.1 Å². The maximum atomic E-state index is 13.4. The minimum atomic E-state index is -4.47. The summed E-state index contributed by atoms with van der Waals surface area (Å²) in [5.74, 6) is 0.194. The molecule has 0 unspecified atom stereocenters. The van der Waals surface area contributed by atoms with Crippen LogP contribution in [0.4, 0.5) is 13.2 Å². The van der Waals surface area contributed by atoms with Crippen molar-refractivity contribution in [2.75, 3.05) is 33.9 Å². The molecule has 1 aromatic heterocycles. The second kappa shape index (κ2) is 9.23. The van der Waals surface area contributed by atoms with Gasteiger partial charge in [0.1, 0.15) is 12.4 Å². The summed E-state index contributed by atoms with van der Waals surface area (Å²) in [6.45, 7) is 5.77. The number of aromatic nitrogens is 2. The van der Waals surface area contributed by atoms with E-state index < -0.39 is 11.7 Å². The molecule has 150 valence electrons. The molecule has 0 aliphatic carbocycles. The Morgan fingerprint density at radius 1 is 1.22 bits per heavy atom. The van der Waals surface area contributed by atoms with E-state index in [1.165, 1.54) is 7.11 Å². The fourth-order valence-corrected chi connectivity index (χ4v) is 2.91. The van der Waals surface area contributed by atoms with Crippen molar-refractivity contribution < 1.29 is 22.6 Å². The zero-order valence-electron chi connectivity index (χ0n) is 16.1. The normalized spacial score (nSPS) is 12.0. The first-order valence-corrected chi connectivity index (χ1v) is 8.82. The Labute approximate surface area is 157 Å². The Hall–Kier alpha value is -2.06. The Kier molecular flexibility index (Phi) is 7.26. The van der Waals surface area contributed by atoms with Crippen molar-refractivity contribution >= 4 is 0 Å². The van der Waals surface area contributed by atoms with Gasteiger partial charge in [0, 0.05) is 30.3 Å². The number of halogens is 3. The number of aromatic amines is 1. The molecule has 0 bridgehead atoms. The van der Waals surface area contributed by atoms with Crippen LogP contribution in [0.3, 0.4) is 0 Å². The van der Waals surface area contributed by atoms with E-state index in [9.17, 15) is 13.2 Å². The summed E-state index contributed by atoms with van der Waals surface area (Å²) < 4.78 is 50.7. The molecule has 8 heteroatoms. The first-order valence-electron chi connectivity index (χ1n) is 8.82. The highest BCUT2D eigenvalue weighted by atomic mass is 19.4. The second-order valence-corrected chi connectivity index (χ2v) is 6.49. The summed E-state index contributed by atoms with van der Waals surface area (Å²) in [5.41, 5.74) is 1.74. The molecule has 0 saturated carbocycles. The molecule has 0 aliphatic rings. The van der Waals surface area contributed by atoms with E-state index >= 15 is 0 Å². The van der Waals surface area contributed by atoms with Crippen molar-refractivity contribution in [3.8, 4) is 17.0 Å². The first kappa shape index (κ1) is 21.2. The average Bonchev–Trinajstić information content (AvgIpc) is 3.03. The van der Waals surface area contributed by atoms with E-state index in [1.54, 1.807) is 13.1 Å². The predicted molar refractivity (Wildman–Crippen MR) is 97.8 cm³/mol. The van der Waals surface area contributed by atoms with Gasteiger partial charge in [0.05, 0.1) is 24.1 Å². The quantitative estimate of drug-likeness (QED) is 0.655. The van der Waals surface area contributed by atoms with Gasteiger partial charge in [-0.05, 0) is 39.1 Å². The van der Waals surface area contributed by atoms with Gasteiger partial charge < -0.3 is 14.4 Å². The summed E-state index contributed by atoms with van der Waals surface area (Å²) in [6.07, 6.45) is -1.82. The average molecular weight is 385 g/mol. The molecule has 0 amide bonds. The third kappa shape index (κ3) is 5.46. The van der Waals surface area contributed by atoms with Gasteiger partial charge in [-0.3, -0.25) is 5.10 Å². The molecule has 2 aromatic rings. The van der Waals surface area contributed by atoms with Gasteiger partial charge >= 0.3 is 6.18 Å². The number of hydrogen-bond acceptors (Lipinski definition) is 4. The van der Waals surface area contributed by atoms with E-state index in [1.807, 2.05) is 7.05 Å². The van der Waals surface area contributed by atoms with Gasteiger partial charge in [0.25, 0.3) is 0 Å². The van der Waals surface area contributed by atoms with Crippen molar-refractivity contribution in [2.45, 2.75) is 33.0 Å². The summed E-state index contributed by atoms with van der Waals surface area (Å²) in [5, 5.41) is 6.92. The molecule has 2 rings (SSSR count). The number of methoxy groups -OCH3 is 1. The van der Waals surface area contributed by atoms with Gasteiger partial charge in [-0.25, -0.2) is 0 Å². The third-order valence-electron chi connectivity index (χ3n) is 4.27. The van der Waals surface area contributed by atoms with E-state index in [0.29, 0.717) is 30.0 Å². The smallest absolute Gasteiger partial charge is 0.416 e. The van der Waals surface area contributed by atoms with E-state index in [2.05, 4.69) is 22.0 Å². The Balaban J connectivity index is 2.46. The summed E-state index contributed by atoms with van der Waals surface area (Å²) in [6, 6.07) is 2.18. The lowest BCUT2D eigenvalue weighted by Gasteiger charge is -2.18. The number of nitrogens with zero attached hydrogens (tertiary/aromatic N) is 2. The molecule has 0 radical (unpaired) electrons. The predicted octanol–water partition coefficient (Wildman–Crippen LogP) is 4.27. The van der Waals surface area contributed by atoms with Crippen molar-refractivity contribution in [1.29, 1.82) is 0 Å². The molecular formula is C19H26F3N3O2. The lowest BCUT2D eigenvalue weighted by atomic mass is 9.98. The lowest BCUT2D eigenvalue weighted by molar-refractivity contribution is -0.137. The molecule has 0 spiro atoms. The van der Waals surface area contributed by atoms with Gasteiger partial charge in [0.2, 0.25) is 0 Å². The van der Waals surface area contributed by atoms with Crippen LogP contribution in [0.25, 0.3) is 11.3 Å². The molecule has 1 N–H and O–H groups in total. The van der Waals surface area contributed by atoms with Crippen LogP contribution in [0.1, 0.15) is 30.0 Å². The maximum Gasteiger partial charge on any atom is 0.416 e. The number of hydrogen-bond donors (Lipinski definition) is 1.